The molecule has 1 unspecified atom stereocenters. The van der Waals surface area contributed by atoms with E-state index in [1.54, 1.807) is 17.0 Å². The summed E-state index contributed by atoms with van der Waals surface area (Å²) < 4.78 is 29.6. The van der Waals surface area contributed by atoms with E-state index in [2.05, 4.69) is 12.2 Å². The predicted molar refractivity (Wildman–Crippen MR) is 76.1 cm³/mol. The number of carbonyl (C=O) groups is 1. The molecule has 2 N–H and O–H groups in total. The van der Waals surface area contributed by atoms with E-state index in [0.717, 1.165) is 31.6 Å². The predicted octanol–water partition coefficient (Wildman–Crippen LogP) is 0.678. The third-order valence-electron chi connectivity index (χ3n) is 2.87. The Morgan fingerprint density at radius 3 is 2.35 bits per heavy atom. The average molecular weight is 300 g/mol. The fourth-order valence-electron chi connectivity index (χ4n) is 1.77. The van der Waals surface area contributed by atoms with Crippen LogP contribution in [0.15, 0.2) is 29.2 Å². The molecular formula is C13H20N2O4S. The van der Waals surface area contributed by atoms with Gasteiger partial charge < -0.3 is 10.2 Å². The number of benzene rings is 1. The zero-order valence-corrected chi connectivity index (χ0v) is 12.4. The first kappa shape index (κ1) is 16.6. The Morgan fingerprint density at radius 2 is 1.95 bits per heavy atom. The van der Waals surface area contributed by atoms with E-state index < -0.39 is 10.1 Å². The molecule has 1 fully saturated rings. The molecule has 1 aliphatic heterocycles. The van der Waals surface area contributed by atoms with Crippen LogP contribution in [0, 0.1) is 6.92 Å². The molecule has 0 aromatic heterocycles. The van der Waals surface area contributed by atoms with Gasteiger partial charge in [-0.15, -0.1) is 0 Å². The van der Waals surface area contributed by atoms with Crippen LogP contribution in [0.2, 0.25) is 0 Å². The first-order chi connectivity index (χ1) is 9.32. The van der Waals surface area contributed by atoms with Crippen molar-refractivity contribution in [2.24, 2.45) is 0 Å². The summed E-state index contributed by atoms with van der Waals surface area (Å²) in [5.74, 6) is 0. The van der Waals surface area contributed by atoms with Crippen LogP contribution in [0.5, 0.6) is 0 Å². The fourth-order valence-corrected chi connectivity index (χ4v) is 2.25. The second-order valence-electron chi connectivity index (χ2n) is 4.74. The maximum Gasteiger partial charge on any atom is 0.294 e. The molecule has 0 bridgehead atoms. The lowest BCUT2D eigenvalue weighted by molar-refractivity contribution is -0.119. The van der Waals surface area contributed by atoms with E-state index >= 15 is 0 Å². The second-order valence-corrected chi connectivity index (χ2v) is 6.17. The van der Waals surface area contributed by atoms with Gasteiger partial charge in [-0.25, -0.2) is 0 Å². The Kier molecular flexibility index (Phi) is 6.12. The van der Waals surface area contributed by atoms with Crippen molar-refractivity contribution in [2.45, 2.75) is 24.8 Å². The second kappa shape index (κ2) is 7.37. The number of rotatable bonds is 2. The Hall–Kier alpha value is -1.44. The molecule has 1 aromatic carbocycles. The summed E-state index contributed by atoms with van der Waals surface area (Å²) in [4.78, 5) is 11.9. The molecule has 112 valence electrons. The number of piperazine rings is 1. The van der Waals surface area contributed by atoms with Crippen molar-refractivity contribution in [1.82, 2.24) is 10.2 Å². The lowest BCUT2D eigenvalue weighted by Crippen LogP contribution is -2.48. The normalized spacial score (nSPS) is 18.9. The van der Waals surface area contributed by atoms with Crippen LogP contribution in [0.1, 0.15) is 12.5 Å². The van der Waals surface area contributed by atoms with E-state index in [1.165, 1.54) is 12.1 Å². The monoisotopic (exact) mass is 300 g/mol. The summed E-state index contributed by atoms with van der Waals surface area (Å²) >= 11 is 0. The first-order valence-corrected chi connectivity index (χ1v) is 7.74. The van der Waals surface area contributed by atoms with Gasteiger partial charge in [0.15, 0.2) is 0 Å². The molecule has 7 heteroatoms. The molecule has 1 atom stereocenters. The van der Waals surface area contributed by atoms with E-state index in [0.29, 0.717) is 6.04 Å². The molecule has 20 heavy (non-hydrogen) atoms. The molecule has 0 radical (unpaired) electrons. The van der Waals surface area contributed by atoms with Gasteiger partial charge in [0.05, 0.1) is 4.90 Å². The van der Waals surface area contributed by atoms with Crippen molar-refractivity contribution in [3.63, 3.8) is 0 Å². The quantitative estimate of drug-likeness (QED) is 0.619. The Labute approximate surface area is 119 Å². The van der Waals surface area contributed by atoms with Gasteiger partial charge >= 0.3 is 0 Å². The highest BCUT2D eigenvalue weighted by atomic mass is 32.2. The third-order valence-corrected chi connectivity index (χ3v) is 3.74. The maximum atomic E-state index is 10.5. The summed E-state index contributed by atoms with van der Waals surface area (Å²) in [6.07, 6.45) is 0.914. The first-order valence-electron chi connectivity index (χ1n) is 6.30. The van der Waals surface area contributed by atoms with Crippen LogP contribution in [0.25, 0.3) is 0 Å². The van der Waals surface area contributed by atoms with Gasteiger partial charge in [0, 0.05) is 25.7 Å². The fraction of sp³-hybridized carbons (Fsp3) is 0.462. The van der Waals surface area contributed by atoms with Gasteiger partial charge in [-0.3, -0.25) is 9.35 Å². The minimum atomic E-state index is -4.02. The number of hydrogen-bond donors (Lipinski definition) is 2. The number of nitrogens with zero attached hydrogens (tertiary/aromatic N) is 1. The average Bonchev–Trinajstić information content (AvgIpc) is 2.39. The summed E-state index contributed by atoms with van der Waals surface area (Å²) in [6.45, 7) is 6.56. The highest BCUT2D eigenvalue weighted by Gasteiger charge is 2.12. The summed E-state index contributed by atoms with van der Waals surface area (Å²) in [5, 5.41) is 3.25. The van der Waals surface area contributed by atoms with Gasteiger partial charge in [0.25, 0.3) is 10.1 Å². The van der Waals surface area contributed by atoms with Crippen LogP contribution < -0.4 is 5.32 Å². The van der Waals surface area contributed by atoms with Crippen molar-refractivity contribution in [3.8, 4) is 0 Å². The Bertz CT molecular complexity index is 528. The Morgan fingerprint density at radius 1 is 1.35 bits per heavy atom. The van der Waals surface area contributed by atoms with E-state index in [4.69, 9.17) is 4.55 Å². The molecule has 1 aliphatic rings. The van der Waals surface area contributed by atoms with Gasteiger partial charge in [0.2, 0.25) is 6.41 Å². The van der Waals surface area contributed by atoms with Crippen LogP contribution >= 0.6 is 0 Å². The zero-order valence-electron chi connectivity index (χ0n) is 11.6. The smallest absolute Gasteiger partial charge is 0.294 e. The molecule has 2 rings (SSSR count). The van der Waals surface area contributed by atoms with E-state index in [-0.39, 0.29) is 4.90 Å². The molecule has 6 nitrogen and oxygen atoms in total. The highest BCUT2D eigenvalue weighted by molar-refractivity contribution is 7.85. The van der Waals surface area contributed by atoms with Crippen molar-refractivity contribution >= 4 is 16.5 Å². The van der Waals surface area contributed by atoms with Crippen LogP contribution in [-0.2, 0) is 14.9 Å². The molecule has 1 saturated heterocycles. The van der Waals surface area contributed by atoms with Crippen LogP contribution in [0.3, 0.4) is 0 Å². The van der Waals surface area contributed by atoms with Crippen molar-refractivity contribution in [2.75, 3.05) is 19.6 Å². The summed E-state index contributed by atoms with van der Waals surface area (Å²) in [5.41, 5.74) is 0.956. The molecule has 1 heterocycles. The molecular weight excluding hydrogens is 280 g/mol. The minimum absolute atomic E-state index is 0.0666. The lowest BCUT2D eigenvalue weighted by atomic mass is 10.2. The van der Waals surface area contributed by atoms with Gasteiger partial charge in [-0.05, 0) is 26.0 Å². The van der Waals surface area contributed by atoms with Crippen LogP contribution in [-0.4, -0.2) is 50.0 Å². The molecule has 0 aliphatic carbocycles. The molecule has 1 aromatic rings. The van der Waals surface area contributed by atoms with Crippen molar-refractivity contribution in [3.05, 3.63) is 29.8 Å². The van der Waals surface area contributed by atoms with E-state index in [1.807, 2.05) is 6.92 Å². The maximum absolute atomic E-state index is 10.5. The highest BCUT2D eigenvalue weighted by Crippen LogP contribution is 2.08. The van der Waals surface area contributed by atoms with Crippen molar-refractivity contribution < 1.29 is 17.8 Å². The summed E-state index contributed by atoms with van der Waals surface area (Å²) in [6, 6.07) is 6.45. The van der Waals surface area contributed by atoms with Gasteiger partial charge in [-0.2, -0.15) is 8.42 Å². The Balaban J connectivity index is 0.000000204. The summed E-state index contributed by atoms with van der Waals surface area (Å²) in [7, 11) is -4.02. The molecule has 1 amide bonds. The van der Waals surface area contributed by atoms with Crippen LogP contribution in [0.4, 0.5) is 0 Å². The number of hydrogen-bond acceptors (Lipinski definition) is 4. The number of carbonyl (C=O) groups excluding carboxylic acids is 1. The SMILES string of the molecule is CC1CN(C=O)CCN1.Cc1ccc(S(=O)(=O)O)cc1. The lowest BCUT2D eigenvalue weighted by Gasteiger charge is -2.28. The molecule has 0 saturated carbocycles. The molecule has 0 spiro atoms. The standard InChI is InChI=1S/C7H8O3S.C6H12N2O/c1-6-2-4-7(5-3-6)11(8,9)10;1-6-4-8(5-9)3-2-7-6/h2-5H,1H3,(H,8,9,10);5-7H,2-4H2,1H3. The third kappa shape index (κ3) is 5.68. The number of nitrogens with one attached hydrogen (secondary N) is 1. The van der Waals surface area contributed by atoms with Crippen molar-refractivity contribution in [1.29, 1.82) is 0 Å². The minimum Gasteiger partial charge on any atom is -0.342 e. The largest absolute Gasteiger partial charge is 0.342 e. The van der Waals surface area contributed by atoms with E-state index in [9.17, 15) is 13.2 Å². The number of amides is 1. The number of aryl methyl sites for hydroxylation is 1. The van der Waals surface area contributed by atoms with Gasteiger partial charge in [0.1, 0.15) is 0 Å². The van der Waals surface area contributed by atoms with Gasteiger partial charge in [-0.1, -0.05) is 17.7 Å². The topological polar surface area (TPSA) is 86.7 Å². The zero-order chi connectivity index (χ0) is 15.2.